The molecule has 18 heavy (non-hydrogen) atoms. The molecule has 0 aromatic carbocycles. The van der Waals surface area contributed by atoms with E-state index in [0.717, 1.165) is 38.0 Å². The fourth-order valence-electron chi connectivity index (χ4n) is 3.07. The van der Waals surface area contributed by atoms with Crippen molar-refractivity contribution in [3.63, 3.8) is 0 Å². The first kappa shape index (κ1) is 13.9. The maximum absolute atomic E-state index is 12.5. The molecule has 0 bridgehead atoms. The van der Waals surface area contributed by atoms with Crippen LogP contribution in [0.2, 0.25) is 0 Å². The second kappa shape index (κ2) is 6.05. The van der Waals surface area contributed by atoms with Crippen LogP contribution in [0.15, 0.2) is 0 Å². The fraction of sp³-hybridized carbons (Fsp3) is 0.933. The molecule has 3 heteroatoms. The third-order valence-corrected chi connectivity index (χ3v) is 4.82. The predicted molar refractivity (Wildman–Crippen MR) is 74.4 cm³/mol. The highest BCUT2D eigenvalue weighted by Gasteiger charge is 2.29. The predicted octanol–water partition coefficient (Wildman–Crippen LogP) is 2.37. The monoisotopic (exact) mass is 252 g/mol. The van der Waals surface area contributed by atoms with Crippen LogP contribution in [0.1, 0.15) is 46.5 Å². The summed E-state index contributed by atoms with van der Waals surface area (Å²) in [6, 6.07) is 0.0888. The van der Waals surface area contributed by atoms with E-state index in [4.69, 9.17) is 0 Å². The van der Waals surface area contributed by atoms with E-state index in [-0.39, 0.29) is 6.04 Å². The minimum Gasteiger partial charge on any atom is -0.341 e. The Hall–Kier alpha value is -0.570. The molecule has 1 unspecified atom stereocenters. The Balaban J connectivity index is 1.84. The number of piperidine rings is 2. The molecule has 2 aliphatic rings. The molecule has 2 rings (SSSR count). The van der Waals surface area contributed by atoms with Crippen LogP contribution >= 0.6 is 0 Å². The van der Waals surface area contributed by atoms with E-state index in [2.05, 4.69) is 30.6 Å². The van der Waals surface area contributed by atoms with Gasteiger partial charge in [-0.25, -0.2) is 0 Å². The first-order valence-electron chi connectivity index (χ1n) is 7.60. The molecular weight excluding hydrogens is 224 g/mol. The second-order valence-corrected chi connectivity index (χ2v) is 6.40. The SMILES string of the molecule is CC1CCN(C(=O)C(C)N2CCC(C)CC2)CC1. The molecule has 2 saturated heterocycles. The van der Waals surface area contributed by atoms with Gasteiger partial charge in [0, 0.05) is 13.1 Å². The van der Waals surface area contributed by atoms with Crippen molar-refractivity contribution in [3.05, 3.63) is 0 Å². The molecule has 2 heterocycles. The summed E-state index contributed by atoms with van der Waals surface area (Å²) >= 11 is 0. The average Bonchev–Trinajstić information content (AvgIpc) is 2.39. The lowest BCUT2D eigenvalue weighted by atomic mass is 9.96. The van der Waals surface area contributed by atoms with Crippen molar-refractivity contribution in [1.82, 2.24) is 9.80 Å². The average molecular weight is 252 g/mol. The number of likely N-dealkylation sites (tertiary alicyclic amines) is 2. The molecule has 0 aliphatic carbocycles. The summed E-state index contributed by atoms with van der Waals surface area (Å²) in [5, 5.41) is 0. The Kier molecular flexibility index (Phi) is 4.66. The lowest BCUT2D eigenvalue weighted by Gasteiger charge is -2.38. The molecule has 2 fully saturated rings. The summed E-state index contributed by atoms with van der Waals surface area (Å²) in [6.45, 7) is 10.8. The third-order valence-electron chi connectivity index (χ3n) is 4.82. The Bertz CT molecular complexity index is 276. The topological polar surface area (TPSA) is 23.6 Å². The zero-order chi connectivity index (χ0) is 13.1. The quantitative estimate of drug-likeness (QED) is 0.753. The summed E-state index contributed by atoms with van der Waals surface area (Å²) in [5.74, 6) is 1.98. The highest BCUT2D eigenvalue weighted by Crippen LogP contribution is 2.21. The van der Waals surface area contributed by atoms with E-state index in [1.165, 1.54) is 25.7 Å². The van der Waals surface area contributed by atoms with Gasteiger partial charge in [0.15, 0.2) is 0 Å². The molecule has 0 aromatic heterocycles. The number of nitrogens with zero attached hydrogens (tertiary/aromatic N) is 2. The summed E-state index contributed by atoms with van der Waals surface area (Å²) < 4.78 is 0. The molecule has 0 saturated carbocycles. The van der Waals surface area contributed by atoms with Gasteiger partial charge >= 0.3 is 0 Å². The van der Waals surface area contributed by atoms with Gasteiger partial charge in [0.05, 0.1) is 6.04 Å². The lowest BCUT2D eigenvalue weighted by molar-refractivity contribution is -0.138. The highest BCUT2D eigenvalue weighted by atomic mass is 16.2. The zero-order valence-electron chi connectivity index (χ0n) is 12.2. The molecule has 0 aromatic rings. The van der Waals surface area contributed by atoms with E-state index >= 15 is 0 Å². The number of carbonyl (C=O) groups is 1. The van der Waals surface area contributed by atoms with Crippen molar-refractivity contribution in [2.24, 2.45) is 11.8 Å². The van der Waals surface area contributed by atoms with Gasteiger partial charge in [-0.3, -0.25) is 9.69 Å². The number of hydrogen-bond donors (Lipinski definition) is 0. The number of hydrogen-bond acceptors (Lipinski definition) is 2. The van der Waals surface area contributed by atoms with Crippen LogP contribution in [0.5, 0.6) is 0 Å². The van der Waals surface area contributed by atoms with Gasteiger partial charge in [-0.2, -0.15) is 0 Å². The van der Waals surface area contributed by atoms with E-state index < -0.39 is 0 Å². The summed E-state index contributed by atoms with van der Waals surface area (Å²) in [6.07, 6.45) is 4.84. The van der Waals surface area contributed by atoms with E-state index in [1.807, 2.05) is 0 Å². The molecular formula is C15H28N2O. The first-order chi connectivity index (χ1) is 8.58. The smallest absolute Gasteiger partial charge is 0.239 e. The van der Waals surface area contributed by atoms with Crippen LogP contribution < -0.4 is 0 Å². The number of rotatable bonds is 2. The summed E-state index contributed by atoms with van der Waals surface area (Å²) in [4.78, 5) is 16.9. The standard InChI is InChI=1S/C15H28N2O/c1-12-4-8-16(9-5-12)14(3)15(18)17-10-6-13(2)7-11-17/h12-14H,4-11H2,1-3H3. The highest BCUT2D eigenvalue weighted by molar-refractivity contribution is 5.81. The molecule has 1 amide bonds. The van der Waals surface area contributed by atoms with Gasteiger partial charge in [0.2, 0.25) is 5.91 Å². The first-order valence-corrected chi connectivity index (χ1v) is 7.60. The molecule has 2 aliphatic heterocycles. The molecule has 3 nitrogen and oxygen atoms in total. The molecule has 0 radical (unpaired) electrons. The minimum absolute atomic E-state index is 0.0888. The fourth-order valence-corrected chi connectivity index (χ4v) is 3.07. The van der Waals surface area contributed by atoms with Gasteiger partial charge in [-0.05, 0) is 57.5 Å². The maximum Gasteiger partial charge on any atom is 0.239 e. The second-order valence-electron chi connectivity index (χ2n) is 6.40. The normalized spacial score (nSPS) is 26.3. The van der Waals surface area contributed by atoms with E-state index in [9.17, 15) is 4.79 Å². The van der Waals surface area contributed by atoms with Crippen LogP contribution in [0, 0.1) is 11.8 Å². The van der Waals surface area contributed by atoms with Gasteiger partial charge < -0.3 is 4.90 Å². The molecule has 104 valence electrons. The van der Waals surface area contributed by atoms with E-state index in [1.54, 1.807) is 0 Å². The van der Waals surface area contributed by atoms with Gasteiger partial charge in [0.1, 0.15) is 0 Å². The van der Waals surface area contributed by atoms with Crippen molar-refractivity contribution < 1.29 is 4.79 Å². The Morgan fingerprint density at radius 3 is 1.89 bits per heavy atom. The largest absolute Gasteiger partial charge is 0.341 e. The van der Waals surface area contributed by atoms with Crippen LogP contribution in [0.25, 0.3) is 0 Å². The van der Waals surface area contributed by atoms with Crippen molar-refractivity contribution in [3.8, 4) is 0 Å². The molecule has 1 atom stereocenters. The Morgan fingerprint density at radius 2 is 1.39 bits per heavy atom. The van der Waals surface area contributed by atoms with Crippen LogP contribution in [0.4, 0.5) is 0 Å². The van der Waals surface area contributed by atoms with Gasteiger partial charge in [0.25, 0.3) is 0 Å². The third kappa shape index (κ3) is 3.25. The van der Waals surface area contributed by atoms with Gasteiger partial charge in [-0.1, -0.05) is 13.8 Å². The molecule has 0 N–H and O–H groups in total. The maximum atomic E-state index is 12.5. The van der Waals surface area contributed by atoms with Crippen LogP contribution in [0.3, 0.4) is 0 Å². The van der Waals surface area contributed by atoms with Crippen molar-refractivity contribution in [1.29, 1.82) is 0 Å². The minimum atomic E-state index is 0.0888. The Labute approximate surface area is 112 Å². The summed E-state index contributed by atoms with van der Waals surface area (Å²) in [5.41, 5.74) is 0. The van der Waals surface area contributed by atoms with E-state index in [0.29, 0.717) is 5.91 Å². The van der Waals surface area contributed by atoms with Gasteiger partial charge in [-0.15, -0.1) is 0 Å². The van der Waals surface area contributed by atoms with Crippen LogP contribution in [-0.2, 0) is 4.79 Å². The van der Waals surface area contributed by atoms with Crippen LogP contribution in [-0.4, -0.2) is 47.9 Å². The van der Waals surface area contributed by atoms with Crippen molar-refractivity contribution in [2.45, 2.75) is 52.5 Å². The van der Waals surface area contributed by atoms with Crippen molar-refractivity contribution in [2.75, 3.05) is 26.2 Å². The molecule has 0 spiro atoms. The summed E-state index contributed by atoms with van der Waals surface area (Å²) in [7, 11) is 0. The zero-order valence-corrected chi connectivity index (χ0v) is 12.2. The Morgan fingerprint density at radius 1 is 0.944 bits per heavy atom. The van der Waals surface area contributed by atoms with Crippen molar-refractivity contribution >= 4 is 5.91 Å². The lowest BCUT2D eigenvalue weighted by Crippen LogP contribution is -2.51. The number of amides is 1. The number of carbonyl (C=O) groups excluding carboxylic acids is 1.